The third-order valence-electron chi connectivity index (χ3n) is 5.75. The van der Waals surface area contributed by atoms with Crippen LogP contribution in [0.4, 0.5) is 4.79 Å². The number of nitrogens with zero attached hydrogens (tertiary/aromatic N) is 6. The molecule has 31 heavy (non-hydrogen) atoms. The number of guanidine groups is 1. The Kier molecular flexibility index (Phi) is 8.89. The summed E-state index contributed by atoms with van der Waals surface area (Å²) in [4.78, 5) is 20.8. The van der Waals surface area contributed by atoms with E-state index < -0.39 is 0 Å². The van der Waals surface area contributed by atoms with Crippen LogP contribution in [0.2, 0.25) is 0 Å². The Bertz CT molecular complexity index is 724. The Balaban J connectivity index is 1.54. The number of likely N-dealkylation sites (tertiary alicyclic amines) is 1. The Morgan fingerprint density at radius 3 is 2.61 bits per heavy atom. The lowest BCUT2D eigenvalue weighted by molar-refractivity contribution is 0.0389. The monoisotopic (exact) mass is 436 g/mol. The number of rotatable bonds is 7. The van der Waals surface area contributed by atoms with Crippen LogP contribution in [0.15, 0.2) is 4.99 Å². The molecule has 1 aromatic rings. The molecule has 0 aliphatic carbocycles. The van der Waals surface area contributed by atoms with Gasteiger partial charge in [0.1, 0.15) is 12.4 Å². The Morgan fingerprint density at radius 1 is 1.23 bits per heavy atom. The minimum absolute atomic E-state index is 0.226. The van der Waals surface area contributed by atoms with Crippen molar-refractivity contribution in [2.45, 2.75) is 39.3 Å². The number of carbonyl (C=O) groups is 1. The van der Waals surface area contributed by atoms with Gasteiger partial charge >= 0.3 is 6.09 Å². The summed E-state index contributed by atoms with van der Waals surface area (Å²) >= 11 is 0. The number of morpholine rings is 1. The van der Waals surface area contributed by atoms with Crippen LogP contribution in [0.1, 0.15) is 31.4 Å². The van der Waals surface area contributed by atoms with Crippen molar-refractivity contribution in [1.29, 1.82) is 0 Å². The summed E-state index contributed by atoms with van der Waals surface area (Å²) in [5.74, 6) is 2.46. The van der Waals surface area contributed by atoms with Crippen LogP contribution >= 0.6 is 0 Å². The molecule has 11 nitrogen and oxygen atoms in total. The fourth-order valence-electron chi connectivity index (χ4n) is 3.66. The average Bonchev–Trinajstić information content (AvgIpc) is 3.11. The number of aromatic nitrogens is 3. The van der Waals surface area contributed by atoms with Crippen molar-refractivity contribution in [3.8, 4) is 0 Å². The second-order valence-corrected chi connectivity index (χ2v) is 7.87. The van der Waals surface area contributed by atoms with Crippen LogP contribution < -0.4 is 10.6 Å². The first-order valence-electron chi connectivity index (χ1n) is 11.2. The zero-order chi connectivity index (χ0) is 22.1. The van der Waals surface area contributed by atoms with Gasteiger partial charge < -0.3 is 29.6 Å². The zero-order valence-corrected chi connectivity index (χ0v) is 19.0. The van der Waals surface area contributed by atoms with Gasteiger partial charge in [0, 0.05) is 52.4 Å². The first-order valence-corrected chi connectivity index (χ1v) is 11.2. The predicted octanol–water partition coefficient (Wildman–Crippen LogP) is 0.112. The molecule has 2 aliphatic rings. The number of hydrogen-bond acceptors (Lipinski definition) is 7. The van der Waals surface area contributed by atoms with Crippen LogP contribution in [0.5, 0.6) is 0 Å². The van der Waals surface area contributed by atoms with E-state index in [9.17, 15) is 4.79 Å². The maximum absolute atomic E-state index is 11.9. The van der Waals surface area contributed by atoms with Crippen molar-refractivity contribution in [3.63, 3.8) is 0 Å². The molecule has 0 radical (unpaired) electrons. The molecule has 2 saturated heterocycles. The molecule has 3 rings (SSSR count). The molecule has 0 saturated carbocycles. The third kappa shape index (κ3) is 7.06. The van der Waals surface area contributed by atoms with E-state index in [0.717, 1.165) is 69.8 Å². The summed E-state index contributed by atoms with van der Waals surface area (Å²) < 4.78 is 12.5. The Hall–Kier alpha value is -2.40. The minimum Gasteiger partial charge on any atom is -0.450 e. The van der Waals surface area contributed by atoms with Gasteiger partial charge in [-0.2, -0.15) is 0 Å². The van der Waals surface area contributed by atoms with Crippen LogP contribution in [0.25, 0.3) is 0 Å². The summed E-state index contributed by atoms with van der Waals surface area (Å²) in [6.07, 6.45) is 1.48. The number of aliphatic imine (C=N–C) groups is 1. The fourth-order valence-corrected chi connectivity index (χ4v) is 3.66. The molecule has 0 bridgehead atoms. The summed E-state index contributed by atoms with van der Waals surface area (Å²) in [5, 5.41) is 15.3. The Morgan fingerprint density at radius 2 is 1.97 bits per heavy atom. The van der Waals surface area contributed by atoms with Crippen molar-refractivity contribution in [2.75, 3.05) is 59.1 Å². The molecule has 2 fully saturated rings. The summed E-state index contributed by atoms with van der Waals surface area (Å²) in [6.45, 7) is 11.2. The van der Waals surface area contributed by atoms with Gasteiger partial charge in [-0.25, -0.2) is 9.79 Å². The first kappa shape index (κ1) is 23.3. The molecule has 1 aromatic heterocycles. The highest BCUT2D eigenvalue weighted by Crippen LogP contribution is 2.11. The maximum Gasteiger partial charge on any atom is 0.409 e. The number of hydrogen-bond donors (Lipinski definition) is 2. The van der Waals surface area contributed by atoms with E-state index in [0.29, 0.717) is 26.2 Å². The summed E-state index contributed by atoms with van der Waals surface area (Å²) in [6, 6.07) is 0.251. The first-order chi connectivity index (χ1) is 15.1. The van der Waals surface area contributed by atoms with Gasteiger partial charge in [-0.15, -0.1) is 10.2 Å². The van der Waals surface area contributed by atoms with Crippen molar-refractivity contribution in [2.24, 2.45) is 12.0 Å². The normalized spacial score (nSPS) is 18.8. The highest BCUT2D eigenvalue weighted by Gasteiger charge is 2.24. The molecule has 3 heterocycles. The Labute approximate surface area is 184 Å². The number of piperidine rings is 1. The maximum atomic E-state index is 11.9. The number of amides is 1. The third-order valence-corrected chi connectivity index (χ3v) is 5.75. The standard InChI is InChI=1S/C20H36N8O3/c1-4-31-20(29)28-8-5-17(6-9-28)23-19(21-7-10-27-11-13-30-14-12-27)22-15-18-25-24-16(2)26(18)3/h17H,4-15H2,1-3H3,(H2,21,22,23). The van der Waals surface area contributed by atoms with Gasteiger partial charge in [0.15, 0.2) is 11.8 Å². The number of carbonyl (C=O) groups excluding carboxylic acids is 1. The lowest BCUT2D eigenvalue weighted by Gasteiger charge is -2.32. The van der Waals surface area contributed by atoms with Gasteiger partial charge in [0.05, 0.1) is 19.8 Å². The van der Waals surface area contributed by atoms with Gasteiger partial charge in [0.25, 0.3) is 0 Å². The smallest absolute Gasteiger partial charge is 0.409 e. The molecule has 0 atom stereocenters. The van der Waals surface area contributed by atoms with Crippen LogP contribution in [-0.2, 0) is 23.1 Å². The van der Waals surface area contributed by atoms with Crippen LogP contribution in [0.3, 0.4) is 0 Å². The second kappa shape index (κ2) is 11.8. The van der Waals surface area contributed by atoms with E-state index in [1.165, 1.54) is 0 Å². The molecule has 0 aromatic carbocycles. The zero-order valence-electron chi connectivity index (χ0n) is 19.0. The quantitative estimate of drug-likeness (QED) is 0.458. The van der Waals surface area contributed by atoms with Gasteiger partial charge in [0.2, 0.25) is 0 Å². The van der Waals surface area contributed by atoms with Crippen LogP contribution in [-0.4, -0.2) is 102 Å². The summed E-state index contributed by atoms with van der Waals surface area (Å²) in [5.41, 5.74) is 0. The van der Waals surface area contributed by atoms with Gasteiger partial charge in [-0.1, -0.05) is 0 Å². The molecular formula is C20H36N8O3. The van der Waals surface area contributed by atoms with Crippen molar-refractivity contribution < 1.29 is 14.3 Å². The van der Waals surface area contributed by atoms with E-state index in [1.54, 1.807) is 4.90 Å². The highest BCUT2D eigenvalue weighted by atomic mass is 16.6. The minimum atomic E-state index is -0.226. The molecular weight excluding hydrogens is 400 g/mol. The van der Waals surface area contributed by atoms with Crippen molar-refractivity contribution in [1.82, 2.24) is 35.2 Å². The number of ether oxygens (including phenoxy) is 2. The molecule has 2 aliphatic heterocycles. The molecule has 174 valence electrons. The SMILES string of the molecule is CCOC(=O)N1CCC(NC(=NCc2nnc(C)n2C)NCCN2CCOCC2)CC1. The molecule has 1 amide bonds. The fraction of sp³-hybridized carbons (Fsp3) is 0.800. The van der Waals surface area contributed by atoms with Gasteiger partial charge in [-0.05, 0) is 26.7 Å². The van der Waals surface area contributed by atoms with Crippen molar-refractivity contribution >= 4 is 12.1 Å². The number of aryl methyl sites for hydroxylation is 1. The largest absolute Gasteiger partial charge is 0.450 e. The highest BCUT2D eigenvalue weighted by molar-refractivity contribution is 5.80. The lowest BCUT2D eigenvalue weighted by atomic mass is 10.1. The lowest BCUT2D eigenvalue weighted by Crippen LogP contribution is -2.51. The molecule has 0 spiro atoms. The molecule has 2 N–H and O–H groups in total. The molecule has 0 unspecified atom stereocenters. The van der Waals surface area contributed by atoms with Crippen LogP contribution in [0, 0.1) is 6.92 Å². The van der Waals surface area contributed by atoms with E-state index in [4.69, 9.17) is 14.5 Å². The van der Waals surface area contributed by atoms with E-state index in [-0.39, 0.29) is 12.1 Å². The van der Waals surface area contributed by atoms with E-state index >= 15 is 0 Å². The second-order valence-electron chi connectivity index (χ2n) is 7.87. The van der Waals surface area contributed by atoms with Crippen molar-refractivity contribution in [3.05, 3.63) is 11.6 Å². The van der Waals surface area contributed by atoms with E-state index in [2.05, 4.69) is 25.7 Å². The number of nitrogens with one attached hydrogen (secondary N) is 2. The average molecular weight is 437 g/mol. The molecule has 11 heteroatoms. The topological polar surface area (TPSA) is 109 Å². The predicted molar refractivity (Wildman–Crippen MR) is 117 cm³/mol. The van der Waals surface area contributed by atoms with Gasteiger partial charge in [-0.3, -0.25) is 4.90 Å². The van der Waals surface area contributed by atoms with E-state index in [1.807, 2.05) is 25.5 Å². The summed E-state index contributed by atoms with van der Waals surface area (Å²) in [7, 11) is 1.95.